The summed E-state index contributed by atoms with van der Waals surface area (Å²) in [6.07, 6.45) is 1.74. The van der Waals surface area contributed by atoms with Crippen molar-refractivity contribution in [2.75, 3.05) is 18.0 Å². The van der Waals surface area contributed by atoms with E-state index in [1.165, 1.54) is 21.7 Å². The Bertz CT molecular complexity index is 1980. The van der Waals surface area contributed by atoms with Crippen molar-refractivity contribution in [2.45, 2.75) is 26.7 Å². The fourth-order valence-electron chi connectivity index (χ4n) is 5.03. The van der Waals surface area contributed by atoms with Crippen LogP contribution in [0.4, 0.5) is 5.95 Å². The third-order valence-electron chi connectivity index (χ3n) is 7.17. The van der Waals surface area contributed by atoms with Crippen LogP contribution in [0.3, 0.4) is 0 Å². The van der Waals surface area contributed by atoms with Gasteiger partial charge in [-0.15, -0.1) is 35.0 Å². The first-order chi connectivity index (χ1) is 23.0. The molecule has 236 valence electrons. The summed E-state index contributed by atoms with van der Waals surface area (Å²) in [6, 6.07) is 24.3. The van der Waals surface area contributed by atoms with Gasteiger partial charge < -0.3 is 24.6 Å². The van der Waals surface area contributed by atoms with Crippen LogP contribution in [0.25, 0.3) is 33.4 Å². The highest BCUT2D eigenvalue weighted by Gasteiger charge is 2.18. The van der Waals surface area contributed by atoms with E-state index in [2.05, 4.69) is 49.2 Å². The van der Waals surface area contributed by atoms with E-state index >= 15 is 0 Å². The first-order valence-corrected chi connectivity index (χ1v) is 15.1. The molecule has 0 bridgehead atoms. The standard InChI is InChI=1S/C33H30N10O4/c1-3-17-41(18-4-2)31-34-32(46-21-13-15-27(29(44)19-21)42-37-23-9-5-6-10-24(23)38-42)36-33(35-31)47-22-14-16-28(30(45)20-22)43-39-25-11-7-8-12-26(25)40-43/h5-16,19-20,44-45H,3-4,17-18H2,1-2H3. The van der Waals surface area contributed by atoms with Crippen LogP contribution in [0.2, 0.25) is 0 Å². The molecule has 3 aromatic heterocycles. The molecule has 7 aromatic rings. The van der Waals surface area contributed by atoms with Crippen molar-refractivity contribution in [1.29, 1.82) is 0 Å². The van der Waals surface area contributed by atoms with Crippen LogP contribution < -0.4 is 14.4 Å². The number of hydrogen-bond acceptors (Lipinski definition) is 12. The van der Waals surface area contributed by atoms with Gasteiger partial charge in [0.05, 0.1) is 0 Å². The fourth-order valence-corrected chi connectivity index (χ4v) is 5.03. The van der Waals surface area contributed by atoms with E-state index in [0.717, 1.165) is 12.8 Å². The number of nitrogens with zero attached hydrogens (tertiary/aromatic N) is 10. The molecule has 3 heterocycles. The summed E-state index contributed by atoms with van der Waals surface area (Å²) < 4.78 is 12.0. The molecule has 0 aliphatic carbocycles. The first-order valence-electron chi connectivity index (χ1n) is 15.1. The van der Waals surface area contributed by atoms with Gasteiger partial charge in [0.1, 0.15) is 56.4 Å². The Morgan fingerprint density at radius 1 is 0.574 bits per heavy atom. The van der Waals surface area contributed by atoms with Crippen LogP contribution in [0.1, 0.15) is 26.7 Å². The third kappa shape index (κ3) is 6.16. The van der Waals surface area contributed by atoms with Gasteiger partial charge in [-0.05, 0) is 61.4 Å². The number of ether oxygens (including phenoxy) is 2. The van der Waals surface area contributed by atoms with E-state index in [1.807, 2.05) is 53.4 Å². The van der Waals surface area contributed by atoms with Crippen LogP contribution >= 0.6 is 0 Å². The lowest BCUT2D eigenvalue weighted by atomic mass is 10.3. The summed E-state index contributed by atoms with van der Waals surface area (Å²) in [6.45, 7) is 5.56. The predicted molar refractivity (Wildman–Crippen MR) is 174 cm³/mol. The Morgan fingerprint density at radius 2 is 0.979 bits per heavy atom. The Labute approximate surface area is 268 Å². The van der Waals surface area contributed by atoms with E-state index < -0.39 is 0 Å². The van der Waals surface area contributed by atoms with E-state index in [4.69, 9.17) is 9.47 Å². The summed E-state index contributed by atoms with van der Waals surface area (Å²) in [5, 5.41) is 39.5. The molecule has 7 rings (SSSR count). The van der Waals surface area contributed by atoms with Crippen molar-refractivity contribution in [3.63, 3.8) is 0 Å². The normalized spacial score (nSPS) is 11.3. The SMILES string of the molecule is CCCN(CCC)c1nc(Oc2ccc(-n3nc4ccccc4n3)c(O)c2)nc(Oc2ccc(-n3nc4ccccc4n3)c(O)c2)n1. The van der Waals surface area contributed by atoms with Gasteiger partial charge >= 0.3 is 12.0 Å². The van der Waals surface area contributed by atoms with Gasteiger partial charge in [-0.2, -0.15) is 9.97 Å². The molecule has 14 heteroatoms. The molecule has 0 spiro atoms. The minimum atomic E-state index is -0.0951. The molecule has 0 radical (unpaired) electrons. The lowest BCUT2D eigenvalue weighted by molar-refractivity contribution is 0.391. The Balaban J connectivity index is 1.17. The van der Waals surface area contributed by atoms with Crippen molar-refractivity contribution in [1.82, 2.24) is 44.9 Å². The monoisotopic (exact) mass is 630 g/mol. The van der Waals surface area contributed by atoms with Crippen molar-refractivity contribution in [2.24, 2.45) is 0 Å². The zero-order chi connectivity index (χ0) is 32.3. The van der Waals surface area contributed by atoms with Gasteiger partial charge in [-0.1, -0.05) is 38.1 Å². The largest absolute Gasteiger partial charge is 0.505 e. The summed E-state index contributed by atoms with van der Waals surface area (Å²) in [7, 11) is 0. The maximum absolute atomic E-state index is 10.9. The van der Waals surface area contributed by atoms with Crippen molar-refractivity contribution in [3.8, 4) is 46.4 Å². The highest BCUT2D eigenvalue weighted by Crippen LogP contribution is 2.32. The van der Waals surface area contributed by atoms with Gasteiger partial charge in [-0.25, -0.2) is 0 Å². The number of fused-ring (bicyclic) bond motifs is 2. The highest BCUT2D eigenvalue weighted by molar-refractivity contribution is 5.74. The van der Waals surface area contributed by atoms with Gasteiger partial charge in [0, 0.05) is 25.2 Å². The van der Waals surface area contributed by atoms with Crippen LogP contribution in [0, 0.1) is 0 Å². The van der Waals surface area contributed by atoms with E-state index in [0.29, 0.717) is 52.5 Å². The minimum Gasteiger partial charge on any atom is -0.505 e. The number of aromatic hydroxyl groups is 2. The summed E-state index contributed by atoms with van der Waals surface area (Å²) in [5.74, 6) is 0.745. The molecule has 2 N–H and O–H groups in total. The molecular formula is C33H30N10O4. The number of phenolic OH excluding ortho intramolecular Hbond substituents is 2. The van der Waals surface area contributed by atoms with Crippen LogP contribution in [0.15, 0.2) is 84.9 Å². The predicted octanol–water partition coefficient (Wildman–Crippen LogP) is 5.96. The average Bonchev–Trinajstić information content (AvgIpc) is 3.69. The summed E-state index contributed by atoms with van der Waals surface area (Å²) in [5.41, 5.74) is 3.58. The Hall–Kier alpha value is -6.31. The van der Waals surface area contributed by atoms with E-state index in [1.54, 1.807) is 24.3 Å². The molecule has 4 aromatic carbocycles. The first kappa shape index (κ1) is 29.4. The lowest BCUT2D eigenvalue weighted by Crippen LogP contribution is -2.27. The lowest BCUT2D eigenvalue weighted by Gasteiger charge is -2.21. The molecule has 0 unspecified atom stereocenters. The number of aromatic nitrogens is 9. The highest BCUT2D eigenvalue weighted by atomic mass is 16.5. The maximum Gasteiger partial charge on any atom is 0.330 e. The number of hydrogen-bond donors (Lipinski definition) is 2. The van der Waals surface area contributed by atoms with E-state index in [-0.39, 0.29) is 35.0 Å². The van der Waals surface area contributed by atoms with Gasteiger partial charge in [-0.3, -0.25) is 0 Å². The second-order valence-electron chi connectivity index (χ2n) is 10.6. The molecule has 47 heavy (non-hydrogen) atoms. The number of anilines is 1. The zero-order valence-corrected chi connectivity index (χ0v) is 25.6. The molecular weight excluding hydrogens is 600 g/mol. The molecule has 0 saturated carbocycles. The van der Waals surface area contributed by atoms with Crippen LogP contribution in [-0.2, 0) is 0 Å². The smallest absolute Gasteiger partial charge is 0.330 e. The van der Waals surface area contributed by atoms with Gasteiger partial charge in [0.15, 0.2) is 0 Å². The molecule has 0 atom stereocenters. The number of benzene rings is 4. The second-order valence-corrected chi connectivity index (χ2v) is 10.6. The van der Waals surface area contributed by atoms with Crippen LogP contribution in [0.5, 0.6) is 35.0 Å². The van der Waals surface area contributed by atoms with Gasteiger partial charge in [0.25, 0.3) is 0 Å². The Morgan fingerprint density at radius 3 is 1.34 bits per heavy atom. The summed E-state index contributed by atoms with van der Waals surface area (Å²) in [4.78, 5) is 18.3. The topological polar surface area (TPSA) is 162 Å². The Kier molecular flexibility index (Phi) is 7.88. The third-order valence-corrected chi connectivity index (χ3v) is 7.17. The average molecular weight is 631 g/mol. The summed E-state index contributed by atoms with van der Waals surface area (Å²) >= 11 is 0. The van der Waals surface area contributed by atoms with Crippen molar-refractivity contribution < 1.29 is 19.7 Å². The zero-order valence-electron chi connectivity index (χ0n) is 25.6. The molecule has 0 fully saturated rings. The quantitative estimate of drug-likeness (QED) is 0.173. The molecule has 14 nitrogen and oxygen atoms in total. The number of phenols is 2. The van der Waals surface area contributed by atoms with Crippen molar-refractivity contribution in [3.05, 3.63) is 84.9 Å². The molecule has 0 saturated heterocycles. The second kappa shape index (κ2) is 12.6. The number of rotatable bonds is 11. The molecule has 0 amide bonds. The maximum atomic E-state index is 10.9. The fraction of sp³-hybridized carbons (Fsp3) is 0.182. The van der Waals surface area contributed by atoms with Crippen LogP contribution in [-0.4, -0.2) is 68.2 Å². The minimum absolute atomic E-state index is 0.0365. The van der Waals surface area contributed by atoms with E-state index in [9.17, 15) is 10.2 Å². The molecule has 0 aliphatic heterocycles. The van der Waals surface area contributed by atoms with Crippen molar-refractivity contribution >= 4 is 28.0 Å². The van der Waals surface area contributed by atoms with Gasteiger partial charge in [0.2, 0.25) is 5.95 Å². The molecule has 0 aliphatic rings.